The van der Waals surface area contributed by atoms with Crippen LogP contribution in [-0.2, 0) is 0 Å². The molecule has 0 saturated heterocycles. The molecule has 0 radical (unpaired) electrons. The van der Waals surface area contributed by atoms with Crippen LogP contribution in [0, 0.1) is 0 Å². The fraction of sp³-hybridized carbons (Fsp3) is 0.917. The molecule has 0 aromatic carbocycles. The van der Waals surface area contributed by atoms with Crippen molar-refractivity contribution in [3.63, 3.8) is 0 Å². The zero-order chi connectivity index (χ0) is 12.4. The molecule has 0 bridgehead atoms. The summed E-state index contributed by atoms with van der Waals surface area (Å²) in [7, 11) is 4.19. The molecule has 0 spiro atoms. The molecule has 0 amide bonds. The van der Waals surface area contributed by atoms with E-state index in [0.29, 0.717) is 0 Å². The lowest BCUT2D eigenvalue weighted by atomic mass is 10.3. The number of thiocarbonyl (C=S) groups is 1. The Morgan fingerprint density at radius 3 is 2.25 bits per heavy atom. The number of hydrogen-bond donors (Lipinski definition) is 1. The molecule has 0 saturated carbocycles. The van der Waals surface area contributed by atoms with Crippen LogP contribution in [0.2, 0.25) is 0 Å². The second kappa shape index (κ2) is 9.85. The first kappa shape index (κ1) is 15.7. The molecule has 0 rings (SSSR count). The van der Waals surface area contributed by atoms with E-state index in [-0.39, 0.29) is 0 Å². The van der Waals surface area contributed by atoms with E-state index < -0.39 is 0 Å². The molecule has 0 fully saturated rings. The smallest absolute Gasteiger partial charge is 0.168 e. The van der Waals surface area contributed by atoms with Gasteiger partial charge in [-0.2, -0.15) is 0 Å². The van der Waals surface area contributed by atoms with Gasteiger partial charge >= 0.3 is 0 Å². The fourth-order valence-corrected chi connectivity index (χ4v) is 1.67. The van der Waals surface area contributed by atoms with Crippen molar-refractivity contribution in [2.45, 2.75) is 33.1 Å². The largest absolute Gasteiger partial charge is 0.363 e. The summed E-state index contributed by atoms with van der Waals surface area (Å²) >= 11 is 5.40. The minimum Gasteiger partial charge on any atom is -0.363 e. The lowest BCUT2D eigenvalue weighted by Gasteiger charge is -2.26. The Kier molecular flexibility index (Phi) is 9.63. The molecule has 0 aliphatic heterocycles. The van der Waals surface area contributed by atoms with Crippen LogP contribution >= 0.6 is 12.2 Å². The second-order valence-electron chi connectivity index (χ2n) is 4.38. The van der Waals surface area contributed by atoms with Crippen molar-refractivity contribution in [3.05, 3.63) is 0 Å². The molecule has 4 heteroatoms. The third-order valence-electron chi connectivity index (χ3n) is 2.40. The predicted molar refractivity (Wildman–Crippen MR) is 75.9 cm³/mol. The summed E-state index contributed by atoms with van der Waals surface area (Å²) in [5, 5.41) is 4.25. The first-order chi connectivity index (χ1) is 7.61. The fourth-order valence-electron chi connectivity index (χ4n) is 1.39. The van der Waals surface area contributed by atoms with Crippen molar-refractivity contribution < 1.29 is 0 Å². The molecule has 0 aliphatic rings. The van der Waals surface area contributed by atoms with Gasteiger partial charge in [-0.3, -0.25) is 0 Å². The Balaban J connectivity index is 3.92. The van der Waals surface area contributed by atoms with Crippen LogP contribution in [0.25, 0.3) is 0 Å². The number of hydrogen-bond acceptors (Lipinski definition) is 2. The van der Waals surface area contributed by atoms with Crippen LogP contribution in [0.4, 0.5) is 0 Å². The standard InChI is InChI=1S/C12H27N3S/c1-5-7-8-13-12(16)15(9-6-2)11-10-14(3)4/h5-11H2,1-4H3,(H,13,16). The molecule has 0 aliphatic carbocycles. The van der Waals surface area contributed by atoms with Crippen molar-refractivity contribution in [1.82, 2.24) is 15.1 Å². The molecular formula is C12H27N3S. The topological polar surface area (TPSA) is 18.5 Å². The Bertz CT molecular complexity index is 183. The first-order valence-electron chi connectivity index (χ1n) is 6.29. The maximum absolute atomic E-state index is 5.40. The van der Waals surface area contributed by atoms with E-state index >= 15 is 0 Å². The normalized spacial score (nSPS) is 10.6. The van der Waals surface area contributed by atoms with Gasteiger partial charge in [0, 0.05) is 26.2 Å². The SMILES string of the molecule is CCCCNC(=S)N(CCC)CCN(C)C. The van der Waals surface area contributed by atoms with Gasteiger partial charge < -0.3 is 15.1 Å². The van der Waals surface area contributed by atoms with Crippen molar-refractivity contribution in [2.75, 3.05) is 40.3 Å². The monoisotopic (exact) mass is 245 g/mol. The molecule has 0 heterocycles. The Morgan fingerprint density at radius 1 is 1.06 bits per heavy atom. The van der Waals surface area contributed by atoms with Gasteiger partial charge in [0.05, 0.1) is 0 Å². The molecule has 0 aromatic rings. The van der Waals surface area contributed by atoms with Gasteiger partial charge in [-0.1, -0.05) is 20.3 Å². The zero-order valence-electron chi connectivity index (χ0n) is 11.3. The quantitative estimate of drug-likeness (QED) is 0.520. The average molecular weight is 245 g/mol. The molecule has 0 unspecified atom stereocenters. The second-order valence-corrected chi connectivity index (χ2v) is 4.76. The lowest BCUT2D eigenvalue weighted by molar-refractivity contribution is 0.326. The molecule has 3 nitrogen and oxygen atoms in total. The summed E-state index contributed by atoms with van der Waals surface area (Å²) < 4.78 is 0. The molecule has 1 N–H and O–H groups in total. The maximum Gasteiger partial charge on any atom is 0.168 e. The van der Waals surface area contributed by atoms with E-state index in [9.17, 15) is 0 Å². The number of unbranched alkanes of at least 4 members (excludes halogenated alkanes) is 1. The third kappa shape index (κ3) is 7.88. The van der Waals surface area contributed by atoms with Gasteiger partial charge in [0.2, 0.25) is 0 Å². The van der Waals surface area contributed by atoms with E-state index in [1.54, 1.807) is 0 Å². The first-order valence-corrected chi connectivity index (χ1v) is 6.70. The van der Waals surface area contributed by atoms with Gasteiger partial charge in [-0.25, -0.2) is 0 Å². The van der Waals surface area contributed by atoms with E-state index in [1.165, 1.54) is 12.8 Å². The summed E-state index contributed by atoms with van der Waals surface area (Å²) in [4.78, 5) is 4.46. The van der Waals surface area contributed by atoms with Gasteiger partial charge in [0.15, 0.2) is 5.11 Å². The highest BCUT2D eigenvalue weighted by Gasteiger charge is 2.07. The van der Waals surface area contributed by atoms with Crippen LogP contribution in [0.5, 0.6) is 0 Å². The number of nitrogens with one attached hydrogen (secondary N) is 1. The summed E-state index contributed by atoms with van der Waals surface area (Å²) in [6.45, 7) is 8.50. The predicted octanol–water partition coefficient (Wildman–Crippen LogP) is 1.93. The summed E-state index contributed by atoms with van der Waals surface area (Å²) in [6, 6.07) is 0. The highest BCUT2D eigenvalue weighted by Crippen LogP contribution is 1.95. The minimum absolute atomic E-state index is 0.914. The molecule has 16 heavy (non-hydrogen) atoms. The van der Waals surface area contributed by atoms with Crippen molar-refractivity contribution in [2.24, 2.45) is 0 Å². The number of likely N-dealkylation sites (N-methyl/N-ethyl adjacent to an activating group) is 1. The van der Waals surface area contributed by atoms with Gasteiger partial charge in [0.25, 0.3) is 0 Å². The molecule has 0 atom stereocenters. The number of nitrogens with zero attached hydrogens (tertiary/aromatic N) is 2. The van der Waals surface area contributed by atoms with Gasteiger partial charge in [-0.15, -0.1) is 0 Å². The van der Waals surface area contributed by atoms with E-state index in [1.807, 2.05) is 0 Å². The summed E-state index contributed by atoms with van der Waals surface area (Å²) in [5.41, 5.74) is 0. The number of rotatable bonds is 8. The Labute approximate surface area is 106 Å². The van der Waals surface area contributed by atoms with Crippen LogP contribution in [0.1, 0.15) is 33.1 Å². The minimum atomic E-state index is 0.914. The van der Waals surface area contributed by atoms with Crippen molar-refractivity contribution in [1.29, 1.82) is 0 Å². The van der Waals surface area contributed by atoms with Gasteiger partial charge in [0.1, 0.15) is 0 Å². The van der Waals surface area contributed by atoms with Crippen LogP contribution in [-0.4, -0.2) is 55.2 Å². The van der Waals surface area contributed by atoms with E-state index in [4.69, 9.17) is 12.2 Å². The van der Waals surface area contributed by atoms with E-state index in [0.717, 1.165) is 37.7 Å². The van der Waals surface area contributed by atoms with Crippen LogP contribution < -0.4 is 5.32 Å². The molecular weight excluding hydrogens is 218 g/mol. The maximum atomic E-state index is 5.40. The molecule has 96 valence electrons. The lowest BCUT2D eigenvalue weighted by Crippen LogP contribution is -2.43. The average Bonchev–Trinajstić information content (AvgIpc) is 2.24. The van der Waals surface area contributed by atoms with E-state index in [2.05, 4.69) is 43.1 Å². The van der Waals surface area contributed by atoms with Crippen molar-refractivity contribution in [3.8, 4) is 0 Å². The van der Waals surface area contributed by atoms with Crippen molar-refractivity contribution >= 4 is 17.3 Å². The van der Waals surface area contributed by atoms with Crippen LogP contribution in [0.15, 0.2) is 0 Å². The Morgan fingerprint density at radius 2 is 1.75 bits per heavy atom. The highest BCUT2D eigenvalue weighted by molar-refractivity contribution is 7.80. The van der Waals surface area contributed by atoms with Crippen LogP contribution in [0.3, 0.4) is 0 Å². The Hall–Kier alpha value is -0.350. The summed E-state index contributed by atoms with van der Waals surface area (Å²) in [6.07, 6.45) is 3.54. The molecule has 0 aromatic heterocycles. The zero-order valence-corrected chi connectivity index (χ0v) is 12.1. The van der Waals surface area contributed by atoms with Gasteiger partial charge in [-0.05, 0) is 39.2 Å². The third-order valence-corrected chi connectivity index (χ3v) is 2.81. The summed E-state index contributed by atoms with van der Waals surface area (Å²) in [5.74, 6) is 0. The highest BCUT2D eigenvalue weighted by atomic mass is 32.1.